The molecule has 98 valence electrons. The molecule has 0 radical (unpaired) electrons. The molecule has 7 nitrogen and oxygen atoms in total. The summed E-state index contributed by atoms with van der Waals surface area (Å²) in [7, 11) is 0. The predicted molar refractivity (Wildman–Crippen MR) is 65.0 cm³/mol. The first-order valence-electron chi connectivity index (χ1n) is 5.47. The maximum atomic E-state index is 11.2. The second-order valence-corrected chi connectivity index (χ2v) is 3.57. The second-order valence-electron chi connectivity index (χ2n) is 3.57. The standard InChI is InChI=1S/C11H15N3O4/c12-6-1-7-13-11(15)18-8-9-2-4-10(5-3-9)14(16)17/h2-5H,1,6-8,12H2,(H,13,15). The van der Waals surface area contributed by atoms with Crippen LogP contribution in [0.15, 0.2) is 24.3 Å². The summed E-state index contributed by atoms with van der Waals surface area (Å²) in [4.78, 5) is 21.1. The summed E-state index contributed by atoms with van der Waals surface area (Å²) in [5.74, 6) is 0. The molecule has 3 N–H and O–H groups in total. The van der Waals surface area contributed by atoms with Gasteiger partial charge in [0.25, 0.3) is 5.69 Å². The molecular weight excluding hydrogens is 238 g/mol. The molecule has 0 aliphatic heterocycles. The predicted octanol–water partition coefficient (Wildman–Crippen LogP) is 1.17. The molecule has 1 aromatic rings. The summed E-state index contributed by atoms with van der Waals surface area (Å²) in [5.41, 5.74) is 5.97. The largest absolute Gasteiger partial charge is 0.445 e. The molecule has 0 aliphatic carbocycles. The van der Waals surface area contributed by atoms with Crippen LogP contribution >= 0.6 is 0 Å². The minimum atomic E-state index is -0.526. The van der Waals surface area contributed by atoms with Gasteiger partial charge in [-0.25, -0.2) is 4.79 Å². The van der Waals surface area contributed by atoms with Gasteiger partial charge in [0, 0.05) is 18.7 Å². The van der Waals surface area contributed by atoms with Gasteiger partial charge in [0.1, 0.15) is 6.61 Å². The fraction of sp³-hybridized carbons (Fsp3) is 0.364. The number of nitrogens with one attached hydrogen (secondary N) is 1. The molecule has 18 heavy (non-hydrogen) atoms. The zero-order valence-corrected chi connectivity index (χ0v) is 9.80. The Balaban J connectivity index is 2.34. The molecule has 0 heterocycles. The summed E-state index contributed by atoms with van der Waals surface area (Å²) in [6.45, 7) is 1.05. The molecule has 0 saturated carbocycles. The van der Waals surface area contributed by atoms with Crippen LogP contribution in [0.4, 0.5) is 10.5 Å². The molecular formula is C11H15N3O4. The quantitative estimate of drug-likeness (QED) is 0.449. The highest BCUT2D eigenvalue weighted by atomic mass is 16.6. The number of benzene rings is 1. The van der Waals surface area contributed by atoms with Gasteiger partial charge in [-0.05, 0) is 30.7 Å². The molecule has 0 saturated heterocycles. The van der Waals surface area contributed by atoms with Crippen LogP contribution in [-0.4, -0.2) is 24.1 Å². The molecule has 0 aromatic heterocycles. The van der Waals surface area contributed by atoms with E-state index in [-0.39, 0.29) is 12.3 Å². The number of carbonyl (C=O) groups is 1. The molecule has 7 heteroatoms. The Kier molecular flexibility index (Phi) is 5.59. The zero-order chi connectivity index (χ0) is 13.4. The number of alkyl carbamates (subject to hydrolysis) is 1. The molecule has 1 aromatic carbocycles. The third-order valence-electron chi connectivity index (χ3n) is 2.17. The Hall–Kier alpha value is -2.15. The summed E-state index contributed by atoms with van der Waals surface area (Å²) >= 11 is 0. The van der Waals surface area contributed by atoms with Gasteiger partial charge in [0.15, 0.2) is 0 Å². The van der Waals surface area contributed by atoms with E-state index in [0.717, 1.165) is 0 Å². The Morgan fingerprint density at radius 1 is 1.39 bits per heavy atom. The first-order valence-corrected chi connectivity index (χ1v) is 5.47. The van der Waals surface area contributed by atoms with Gasteiger partial charge in [-0.2, -0.15) is 0 Å². The summed E-state index contributed by atoms with van der Waals surface area (Å²) in [6.07, 6.45) is 0.161. The van der Waals surface area contributed by atoms with Crippen molar-refractivity contribution in [1.82, 2.24) is 5.32 Å². The van der Waals surface area contributed by atoms with Crippen molar-refractivity contribution >= 4 is 11.8 Å². The van der Waals surface area contributed by atoms with Crippen molar-refractivity contribution in [3.05, 3.63) is 39.9 Å². The maximum Gasteiger partial charge on any atom is 0.407 e. The average Bonchev–Trinajstić information content (AvgIpc) is 2.37. The lowest BCUT2D eigenvalue weighted by molar-refractivity contribution is -0.384. The van der Waals surface area contributed by atoms with Crippen LogP contribution in [0.1, 0.15) is 12.0 Å². The summed E-state index contributed by atoms with van der Waals surface area (Å²) < 4.78 is 4.91. The molecule has 0 bridgehead atoms. The fourth-order valence-electron chi connectivity index (χ4n) is 1.21. The van der Waals surface area contributed by atoms with Crippen molar-refractivity contribution in [1.29, 1.82) is 0 Å². The van der Waals surface area contributed by atoms with Crippen molar-refractivity contribution < 1.29 is 14.5 Å². The lowest BCUT2D eigenvalue weighted by Crippen LogP contribution is -2.26. The van der Waals surface area contributed by atoms with E-state index in [1.165, 1.54) is 12.1 Å². The van der Waals surface area contributed by atoms with E-state index >= 15 is 0 Å². The topological polar surface area (TPSA) is 107 Å². The number of hydrogen-bond acceptors (Lipinski definition) is 5. The van der Waals surface area contributed by atoms with Crippen LogP contribution < -0.4 is 11.1 Å². The van der Waals surface area contributed by atoms with E-state index in [4.69, 9.17) is 10.5 Å². The minimum Gasteiger partial charge on any atom is -0.445 e. The van der Waals surface area contributed by atoms with Crippen LogP contribution in [0.5, 0.6) is 0 Å². The van der Waals surface area contributed by atoms with Crippen LogP contribution in [0.3, 0.4) is 0 Å². The Labute approximate surface area is 104 Å². The van der Waals surface area contributed by atoms with Crippen molar-refractivity contribution in [2.45, 2.75) is 13.0 Å². The first kappa shape index (κ1) is 13.9. The van der Waals surface area contributed by atoms with Crippen LogP contribution in [0, 0.1) is 10.1 Å². The maximum absolute atomic E-state index is 11.2. The average molecular weight is 253 g/mol. The normalized spacial score (nSPS) is 9.83. The Morgan fingerprint density at radius 3 is 2.61 bits per heavy atom. The van der Waals surface area contributed by atoms with Crippen LogP contribution in [-0.2, 0) is 11.3 Å². The van der Waals surface area contributed by atoms with Crippen molar-refractivity contribution in [3.63, 3.8) is 0 Å². The van der Waals surface area contributed by atoms with Crippen LogP contribution in [0.2, 0.25) is 0 Å². The molecule has 0 aliphatic rings. The van der Waals surface area contributed by atoms with Gasteiger partial charge in [0.05, 0.1) is 4.92 Å². The first-order chi connectivity index (χ1) is 8.63. The summed E-state index contributed by atoms with van der Waals surface area (Å²) in [6, 6.07) is 5.83. The van der Waals surface area contributed by atoms with E-state index in [0.29, 0.717) is 25.1 Å². The molecule has 0 spiro atoms. The number of carbonyl (C=O) groups excluding carboxylic acids is 1. The third kappa shape index (κ3) is 4.79. The van der Waals surface area contributed by atoms with E-state index in [1.54, 1.807) is 12.1 Å². The number of ether oxygens (including phenoxy) is 1. The zero-order valence-electron chi connectivity index (χ0n) is 9.80. The lowest BCUT2D eigenvalue weighted by Gasteiger charge is -2.06. The fourth-order valence-corrected chi connectivity index (χ4v) is 1.21. The van der Waals surface area contributed by atoms with Crippen molar-refractivity contribution in [2.75, 3.05) is 13.1 Å². The van der Waals surface area contributed by atoms with Gasteiger partial charge in [-0.15, -0.1) is 0 Å². The molecule has 0 fully saturated rings. The highest BCUT2D eigenvalue weighted by molar-refractivity contribution is 5.67. The smallest absolute Gasteiger partial charge is 0.407 e. The SMILES string of the molecule is NCCCNC(=O)OCc1ccc([N+](=O)[O-])cc1. The monoisotopic (exact) mass is 253 g/mol. The number of nitrogens with two attached hydrogens (primary N) is 1. The molecule has 0 atom stereocenters. The van der Waals surface area contributed by atoms with Crippen molar-refractivity contribution in [3.8, 4) is 0 Å². The van der Waals surface area contributed by atoms with Gasteiger partial charge in [-0.3, -0.25) is 10.1 Å². The molecule has 0 unspecified atom stereocenters. The van der Waals surface area contributed by atoms with Crippen LogP contribution in [0.25, 0.3) is 0 Å². The number of rotatable bonds is 6. The van der Waals surface area contributed by atoms with E-state index in [1.807, 2.05) is 0 Å². The highest BCUT2D eigenvalue weighted by Gasteiger charge is 2.05. The number of nitro groups is 1. The summed E-state index contributed by atoms with van der Waals surface area (Å²) in [5, 5.41) is 13.0. The van der Waals surface area contributed by atoms with Gasteiger partial charge >= 0.3 is 6.09 Å². The highest BCUT2D eigenvalue weighted by Crippen LogP contribution is 2.12. The van der Waals surface area contributed by atoms with E-state index < -0.39 is 11.0 Å². The number of nitro benzene ring substituents is 1. The minimum absolute atomic E-state index is 0.00569. The van der Waals surface area contributed by atoms with Gasteiger partial charge in [0.2, 0.25) is 0 Å². The number of nitrogens with zero attached hydrogens (tertiary/aromatic N) is 1. The number of hydrogen-bond donors (Lipinski definition) is 2. The number of amides is 1. The lowest BCUT2D eigenvalue weighted by atomic mass is 10.2. The third-order valence-corrected chi connectivity index (χ3v) is 2.17. The number of non-ortho nitro benzene ring substituents is 1. The van der Waals surface area contributed by atoms with Gasteiger partial charge < -0.3 is 15.8 Å². The van der Waals surface area contributed by atoms with E-state index in [9.17, 15) is 14.9 Å². The second kappa shape index (κ2) is 7.23. The van der Waals surface area contributed by atoms with Crippen molar-refractivity contribution in [2.24, 2.45) is 5.73 Å². The molecule has 1 amide bonds. The Bertz CT molecular complexity index is 405. The molecule has 1 rings (SSSR count). The van der Waals surface area contributed by atoms with E-state index in [2.05, 4.69) is 5.32 Å². The van der Waals surface area contributed by atoms with Gasteiger partial charge in [-0.1, -0.05) is 0 Å². The Morgan fingerprint density at radius 2 is 2.06 bits per heavy atom.